The number of carbonyl (C=O) groups is 2. The van der Waals surface area contributed by atoms with E-state index in [4.69, 9.17) is 30.0 Å². The van der Waals surface area contributed by atoms with E-state index < -0.39 is 25.2 Å². The van der Waals surface area contributed by atoms with Crippen molar-refractivity contribution in [2.75, 3.05) is 32.8 Å². The van der Waals surface area contributed by atoms with Crippen molar-refractivity contribution in [2.45, 2.75) is 103 Å². The van der Waals surface area contributed by atoms with Gasteiger partial charge in [-0.2, -0.15) is 0 Å². The third-order valence-electron chi connectivity index (χ3n) is 4.84. The van der Waals surface area contributed by atoms with E-state index in [0.717, 1.165) is 6.54 Å². The van der Waals surface area contributed by atoms with Crippen LogP contribution in [0.25, 0.3) is 0 Å². The Morgan fingerprint density at radius 1 is 0.697 bits per heavy atom. The molecule has 8 heteroatoms. The summed E-state index contributed by atoms with van der Waals surface area (Å²) in [6, 6.07) is 0. The zero-order valence-corrected chi connectivity index (χ0v) is 21.1. The lowest BCUT2D eigenvalue weighted by molar-refractivity contribution is -0.657. The van der Waals surface area contributed by atoms with Crippen molar-refractivity contribution in [1.82, 2.24) is 0 Å². The van der Waals surface area contributed by atoms with Crippen LogP contribution < -0.4 is 21.3 Å². The largest absolute Gasteiger partial charge is 0.548 e. The molecule has 8 nitrogen and oxygen atoms in total. The van der Waals surface area contributed by atoms with E-state index in [-0.39, 0.29) is 0 Å². The summed E-state index contributed by atoms with van der Waals surface area (Å²) in [6.07, 6.45) is 25.7. The van der Waals surface area contributed by atoms with Gasteiger partial charge in [0.25, 0.3) is 0 Å². The molecule has 0 saturated carbocycles. The average Bonchev–Trinajstić information content (AvgIpc) is 2.81. The molecule has 0 amide bonds. The summed E-state index contributed by atoms with van der Waals surface area (Å²) in [7, 11) is 0. The highest BCUT2D eigenvalue weighted by molar-refractivity contribution is 5.65. The molecule has 198 valence electrons. The van der Waals surface area contributed by atoms with Crippen LogP contribution in [0.2, 0.25) is 0 Å². The van der Waals surface area contributed by atoms with Gasteiger partial charge in [0.1, 0.15) is 0 Å². The molecule has 0 aromatic carbocycles. The topological polar surface area (TPSA) is 165 Å². The molecule has 0 aliphatic rings. The molecule has 0 bridgehead atoms. The van der Waals surface area contributed by atoms with Gasteiger partial charge < -0.3 is 41.1 Å². The number of aliphatic carboxylic acids is 2. The second-order valence-electron chi connectivity index (χ2n) is 8.07. The maximum absolute atomic E-state index is 9.01. The van der Waals surface area contributed by atoms with Gasteiger partial charge in [-0.05, 0) is 38.5 Å². The Bertz CT molecular complexity index is 406. The first-order chi connectivity index (χ1) is 16.0. The van der Waals surface area contributed by atoms with Crippen molar-refractivity contribution < 1.29 is 41.1 Å². The number of carbonyl (C=O) groups excluding carboxylic acids is 2. The van der Waals surface area contributed by atoms with E-state index >= 15 is 0 Å². The van der Waals surface area contributed by atoms with Crippen molar-refractivity contribution in [3.8, 4) is 0 Å². The third kappa shape index (κ3) is 48.9. The van der Waals surface area contributed by atoms with Gasteiger partial charge >= 0.3 is 0 Å². The lowest BCUT2D eigenvalue weighted by Gasteiger charge is -2.01. The maximum atomic E-state index is 9.01. The molecular weight excluding hydrogens is 424 g/mol. The first kappa shape index (κ1) is 36.1. The Hall–Kier alpha value is -1.48. The van der Waals surface area contributed by atoms with Crippen LogP contribution in [0.1, 0.15) is 103 Å². The molecule has 0 saturated heterocycles. The number of unbranched alkanes of at least 4 members (excludes halogenated alkanes) is 12. The molecule has 0 aromatic heterocycles. The van der Waals surface area contributed by atoms with Crippen LogP contribution in [-0.4, -0.2) is 55.0 Å². The number of aliphatic hydroxyl groups is 2. The smallest absolute Gasteiger partial charge is 0.0826 e. The lowest BCUT2D eigenvalue weighted by atomic mass is 10.1. The summed E-state index contributed by atoms with van der Waals surface area (Å²) in [6.45, 7) is 4.19. The SMILES string of the molecule is CCCCCCCCC=CCCCCCCCC[NH2+]CCC[NH3+].O=C([O-])CO.O=C([O-])CO. The van der Waals surface area contributed by atoms with E-state index in [1.807, 2.05) is 0 Å². The number of quaternary nitrogens is 2. The van der Waals surface area contributed by atoms with Crippen molar-refractivity contribution in [3.05, 3.63) is 12.2 Å². The molecule has 0 aliphatic heterocycles. The fourth-order valence-corrected chi connectivity index (χ4v) is 2.97. The number of carboxylic acid groups (broad SMARTS) is 2. The van der Waals surface area contributed by atoms with Crippen molar-refractivity contribution in [3.63, 3.8) is 0 Å². The number of carboxylic acids is 2. The summed E-state index contributed by atoms with van der Waals surface area (Å²) in [5, 5.41) is 35.4. The van der Waals surface area contributed by atoms with Crippen LogP contribution in [0.3, 0.4) is 0 Å². The minimum Gasteiger partial charge on any atom is -0.548 e. The monoisotopic (exact) mass is 476 g/mol. The number of allylic oxidation sites excluding steroid dienone is 2. The minimum absolute atomic E-state index is 0.889. The van der Waals surface area contributed by atoms with Gasteiger partial charge in [-0.3, -0.25) is 0 Å². The van der Waals surface area contributed by atoms with Crippen molar-refractivity contribution in [1.29, 1.82) is 0 Å². The van der Waals surface area contributed by atoms with E-state index in [1.165, 1.54) is 109 Å². The van der Waals surface area contributed by atoms with Crippen LogP contribution in [0.5, 0.6) is 0 Å². The first-order valence-corrected chi connectivity index (χ1v) is 12.8. The van der Waals surface area contributed by atoms with Crippen LogP contribution in [0.15, 0.2) is 12.2 Å². The van der Waals surface area contributed by atoms with Crippen LogP contribution >= 0.6 is 0 Å². The highest BCUT2D eigenvalue weighted by Crippen LogP contribution is 2.09. The number of rotatable bonds is 21. The number of aliphatic hydroxyl groups excluding tert-OH is 2. The van der Waals surface area contributed by atoms with Crippen LogP contribution in [0.4, 0.5) is 0 Å². The van der Waals surface area contributed by atoms with Gasteiger partial charge in [0.05, 0.1) is 44.8 Å². The lowest BCUT2D eigenvalue weighted by Crippen LogP contribution is -2.84. The Kier molecular flexibility index (Phi) is 38.4. The van der Waals surface area contributed by atoms with Gasteiger partial charge in [0.15, 0.2) is 0 Å². The average molecular weight is 477 g/mol. The molecule has 0 aliphatic carbocycles. The number of nitrogens with two attached hydrogens (primary N) is 1. The summed E-state index contributed by atoms with van der Waals surface area (Å²) in [4.78, 5) is 18.0. The van der Waals surface area contributed by atoms with Gasteiger partial charge in [0.2, 0.25) is 0 Å². The first-order valence-electron chi connectivity index (χ1n) is 12.8. The predicted octanol–water partition coefficient (Wildman–Crippen LogP) is -0.323. The molecule has 0 rings (SSSR count). The molecular formula is C25H52N2O6. The predicted molar refractivity (Wildman–Crippen MR) is 128 cm³/mol. The Morgan fingerprint density at radius 3 is 1.45 bits per heavy atom. The Balaban J connectivity index is -0.000000746. The highest BCUT2D eigenvalue weighted by atomic mass is 16.4. The van der Waals surface area contributed by atoms with Gasteiger partial charge in [0, 0.05) is 6.42 Å². The Morgan fingerprint density at radius 2 is 1.06 bits per heavy atom. The van der Waals surface area contributed by atoms with Crippen LogP contribution in [0, 0.1) is 0 Å². The van der Waals surface area contributed by atoms with E-state index in [9.17, 15) is 0 Å². The highest BCUT2D eigenvalue weighted by Gasteiger charge is 1.94. The zero-order valence-electron chi connectivity index (χ0n) is 21.1. The van der Waals surface area contributed by atoms with E-state index in [1.54, 1.807) is 0 Å². The summed E-state index contributed by atoms with van der Waals surface area (Å²) in [5.41, 5.74) is 3.88. The molecule has 0 unspecified atom stereocenters. The number of hydrogen-bond acceptors (Lipinski definition) is 6. The second kappa shape index (κ2) is 35.1. The summed E-state index contributed by atoms with van der Waals surface area (Å²) in [5.74, 6) is -2.88. The molecule has 33 heavy (non-hydrogen) atoms. The van der Waals surface area contributed by atoms with E-state index in [0.29, 0.717) is 0 Å². The summed E-state index contributed by atoms with van der Waals surface area (Å²) < 4.78 is 0. The third-order valence-corrected chi connectivity index (χ3v) is 4.84. The zero-order chi connectivity index (χ0) is 25.4. The fourth-order valence-electron chi connectivity index (χ4n) is 2.97. The van der Waals surface area contributed by atoms with Crippen LogP contribution in [-0.2, 0) is 9.59 Å². The normalized spacial score (nSPS) is 10.3. The minimum atomic E-state index is -1.44. The van der Waals surface area contributed by atoms with E-state index in [2.05, 4.69) is 30.1 Å². The van der Waals surface area contributed by atoms with Crippen molar-refractivity contribution >= 4 is 11.9 Å². The van der Waals surface area contributed by atoms with Gasteiger partial charge in [-0.25, -0.2) is 0 Å². The summed E-state index contributed by atoms with van der Waals surface area (Å²) >= 11 is 0. The molecule has 0 aromatic rings. The fraction of sp³-hybridized carbons (Fsp3) is 0.840. The Labute approximate surface area is 201 Å². The van der Waals surface area contributed by atoms with Gasteiger partial charge in [-0.15, -0.1) is 0 Å². The van der Waals surface area contributed by atoms with Crippen molar-refractivity contribution in [2.24, 2.45) is 0 Å². The van der Waals surface area contributed by atoms with Gasteiger partial charge in [-0.1, -0.05) is 70.4 Å². The second-order valence-corrected chi connectivity index (χ2v) is 8.07. The maximum Gasteiger partial charge on any atom is 0.0826 e. The molecule has 0 heterocycles. The molecule has 7 N–H and O–H groups in total. The molecule has 0 atom stereocenters. The molecule has 0 spiro atoms. The quantitative estimate of drug-likeness (QED) is 0.131. The number of hydrogen-bond donors (Lipinski definition) is 4. The molecule has 0 radical (unpaired) electrons. The standard InChI is InChI=1S/C21H44N2.2C2H4O3/c1-2-3-4-5-6-7-8-9-10-11-12-13-14-15-16-17-20-23-21-18-19-22;2*3-1-2(4)5/h9-10,23H,2-8,11-22H2,1H3;2*3H,1H2,(H,4,5). The molecule has 0 fully saturated rings.